The van der Waals surface area contributed by atoms with Gasteiger partial charge in [-0.2, -0.15) is 5.10 Å². The van der Waals surface area contributed by atoms with Gasteiger partial charge in [0.05, 0.1) is 22.5 Å². The molecule has 1 atom stereocenters. The Balaban J connectivity index is 1.69. The van der Waals surface area contributed by atoms with Crippen LogP contribution in [-0.2, 0) is 10.3 Å². The molecule has 0 bridgehead atoms. The number of esters is 1. The van der Waals surface area contributed by atoms with Crippen molar-refractivity contribution in [2.75, 3.05) is 12.4 Å². The molecule has 0 saturated carbocycles. The lowest BCUT2D eigenvalue weighted by Crippen LogP contribution is -2.33. The van der Waals surface area contributed by atoms with E-state index < -0.39 is 5.60 Å². The zero-order chi connectivity index (χ0) is 22.0. The highest BCUT2D eigenvalue weighted by Crippen LogP contribution is 2.57. The maximum atomic E-state index is 13.0. The average Bonchev–Trinajstić information content (AvgIpc) is 3.29. The summed E-state index contributed by atoms with van der Waals surface area (Å²) in [4.78, 5) is 13.0. The number of aromatic nitrogens is 2. The van der Waals surface area contributed by atoms with Gasteiger partial charge in [-0.1, -0.05) is 35.9 Å². The summed E-state index contributed by atoms with van der Waals surface area (Å²) in [6.45, 7) is 3.97. The van der Waals surface area contributed by atoms with Gasteiger partial charge in [0.15, 0.2) is 5.60 Å². The Hall–Kier alpha value is -4.06. The summed E-state index contributed by atoms with van der Waals surface area (Å²) in [5, 5.41) is 7.97. The molecule has 1 N–H and O–H groups in total. The van der Waals surface area contributed by atoms with Gasteiger partial charge in [0, 0.05) is 29.9 Å². The Morgan fingerprint density at radius 2 is 1.75 bits per heavy atom. The molecular formula is C26H21N3O3. The topological polar surface area (TPSA) is 65.4 Å². The van der Waals surface area contributed by atoms with Gasteiger partial charge in [-0.3, -0.25) is 0 Å². The van der Waals surface area contributed by atoms with E-state index in [2.05, 4.69) is 5.32 Å². The largest absolute Gasteiger partial charge is 0.440 e. The SMILES string of the molecule is CNc1ccc2c(c1)Oc1c(c(C)nn1-c1ccc(C)cc1)C21OC(=O)c2ccccc21. The van der Waals surface area contributed by atoms with Crippen molar-refractivity contribution < 1.29 is 14.3 Å². The molecule has 2 aliphatic heterocycles. The van der Waals surface area contributed by atoms with Crippen molar-refractivity contribution in [1.82, 2.24) is 9.78 Å². The zero-order valence-corrected chi connectivity index (χ0v) is 18.0. The van der Waals surface area contributed by atoms with E-state index in [0.717, 1.165) is 39.3 Å². The maximum Gasteiger partial charge on any atom is 0.340 e. The first-order chi connectivity index (χ1) is 15.5. The van der Waals surface area contributed by atoms with Crippen molar-refractivity contribution in [3.8, 4) is 17.3 Å². The Morgan fingerprint density at radius 3 is 2.53 bits per heavy atom. The molecule has 0 amide bonds. The number of aryl methyl sites for hydroxylation is 2. The molecule has 4 aromatic rings. The number of rotatable bonds is 2. The highest BCUT2D eigenvalue weighted by atomic mass is 16.6. The lowest BCUT2D eigenvalue weighted by atomic mass is 9.78. The summed E-state index contributed by atoms with van der Waals surface area (Å²) in [7, 11) is 1.86. The third-order valence-corrected chi connectivity index (χ3v) is 6.28. The Kier molecular flexibility index (Phi) is 3.78. The summed E-state index contributed by atoms with van der Waals surface area (Å²) in [6.07, 6.45) is 0. The normalized spacial score (nSPS) is 17.9. The summed E-state index contributed by atoms with van der Waals surface area (Å²) in [5.74, 6) is 0.832. The van der Waals surface area contributed by atoms with Gasteiger partial charge in [0.25, 0.3) is 0 Å². The fourth-order valence-electron chi connectivity index (χ4n) is 4.76. The quantitative estimate of drug-likeness (QED) is 0.455. The third-order valence-electron chi connectivity index (χ3n) is 6.28. The van der Waals surface area contributed by atoms with Crippen LogP contribution in [0.1, 0.15) is 38.3 Å². The number of ether oxygens (including phenoxy) is 2. The molecule has 6 rings (SSSR count). The van der Waals surface area contributed by atoms with Crippen molar-refractivity contribution >= 4 is 11.7 Å². The minimum Gasteiger partial charge on any atom is -0.440 e. The van der Waals surface area contributed by atoms with Crippen LogP contribution in [0.15, 0.2) is 66.7 Å². The Labute approximate surface area is 185 Å². The molecule has 6 heteroatoms. The van der Waals surface area contributed by atoms with Crippen LogP contribution in [0.2, 0.25) is 0 Å². The molecule has 0 aliphatic carbocycles. The number of hydrogen-bond donors (Lipinski definition) is 1. The molecule has 1 unspecified atom stereocenters. The lowest BCUT2D eigenvalue weighted by molar-refractivity contribution is 0.0221. The highest BCUT2D eigenvalue weighted by molar-refractivity contribution is 5.97. The zero-order valence-electron chi connectivity index (χ0n) is 18.0. The molecule has 2 aliphatic rings. The smallest absolute Gasteiger partial charge is 0.340 e. The van der Waals surface area contributed by atoms with Gasteiger partial charge in [-0.05, 0) is 44.2 Å². The molecule has 0 saturated heterocycles. The maximum absolute atomic E-state index is 13.0. The number of anilines is 1. The number of carbonyl (C=O) groups excluding carboxylic acids is 1. The van der Waals surface area contributed by atoms with Gasteiger partial charge < -0.3 is 14.8 Å². The van der Waals surface area contributed by atoms with E-state index in [0.29, 0.717) is 17.2 Å². The first kappa shape index (κ1) is 18.7. The van der Waals surface area contributed by atoms with Gasteiger partial charge in [0.2, 0.25) is 5.88 Å². The van der Waals surface area contributed by atoms with E-state index in [1.807, 2.05) is 87.6 Å². The van der Waals surface area contributed by atoms with Crippen LogP contribution in [-0.4, -0.2) is 22.8 Å². The van der Waals surface area contributed by atoms with Crippen molar-refractivity contribution in [2.24, 2.45) is 0 Å². The fourth-order valence-corrected chi connectivity index (χ4v) is 4.76. The fraction of sp³-hybridized carbons (Fsp3) is 0.154. The van der Waals surface area contributed by atoms with Gasteiger partial charge in [-0.15, -0.1) is 0 Å². The molecule has 0 radical (unpaired) electrons. The Bertz CT molecular complexity index is 1400. The van der Waals surface area contributed by atoms with Crippen LogP contribution in [0.3, 0.4) is 0 Å². The molecule has 1 spiro atoms. The van der Waals surface area contributed by atoms with Crippen LogP contribution in [0.4, 0.5) is 5.69 Å². The lowest BCUT2D eigenvalue weighted by Gasteiger charge is -2.35. The molecule has 3 aromatic carbocycles. The van der Waals surface area contributed by atoms with E-state index in [1.54, 1.807) is 4.68 Å². The van der Waals surface area contributed by atoms with Gasteiger partial charge in [0.1, 0.15) is 5.75 Å². The standard InChI is InChI=1S/C26H21N3O3/c1-15-8-11-18(12-9-15)29-24-23(16(2)28-29)26(20-7-5-4-6-19(20)25(30)32-26)21-13-10-17(27-3)14-22(21)31-24/h4-14,27H,1-3H3. The highest BCUT2D eigenvalue weighted by Gasteiger charge is 2.56. The van der Waals surface area contributed by atoms with Crippen molar-refractivity contribution in [3.05, 3.63) is 100 Å². The van der Waals surface area contributed by atoms with Crippen LogP contribution in [0.25, 0.3) is 5.69 Å². The van der Waals surface area contributed by atoms with Crippen molar-refractivity contribution in [2.45, 2.75) is 19.4 Å². The molecule has 158 valence electrons. The van der Waals surface area contributed by atoms with Gasteiger partial charge >= 0.3 is 5.97 Å². The monoisotopic (exact) mass is 423 g/mol. The number of benzene rings is 3. The van der Waals surface area contributed by atoms with Crippen LogP contribution in [0.5, 0.6) is 11.6 Å². The number of nitrogens with one attached hydrogen (secondary N) is 1. The number of hydrogen-bond acceptors (Lipinski definition) is 5. The summed E-state index contributed by atoms with van der Waals surface area (Å²) in [6, 6.07) is 21.5. The van der Waals surface area contributed by atoms with E-state index >= 15 is 0 Å². The number of carbonyl (C=O) groups is 1. The van der Waals surface area contributed by atoms with E-state index in [-0.39, 0.29) is 5.97 Å². The Morgan fingerprint density at radius 1 is 0.969 bits per heavy atom. The molecule has 32 heavy (non-hydrogen) atoms. The molecule has 3 heterocycles. The van der Waals surface area contributed by atoms with E-state index in [1.165, 1.54) is 0 Å². The number of fused-ring (bicyclic) bond motifs is 6. The average molecular weight is 423 g/mol. The second kappa shape index (κ2) is 6.47. The van der Waals surface area contributed by atoms with E-state index in [9.17, 15) is 4.79 Å². The predicted molar refractivity (Wildman–Crippen MR) is 121 cm³/mol. The first-order valence-corrected chi connectivity index (χ1v) is 10.5. The minimum atomic E-state index is -1.12. The first-order valence-electron chi connectivity index (χ1n) is 10.5. The van der Waals surface area contributed by atoms with E-state index in [4.69, 9.17) is 14.6 Å². The third kappa shape index (κ3) is 2.35. The molecule has 1 aromatic heterocycles. The summed E-state index contributed by atoms with van der Waals surface area (Å²) < 4.78 is 14.5. The van der Waals surface area contributed by atoms with Crippen molar-refractivity contribution in [1.29, 1.82) is 0 Å². The molecule has 0 fully saturated rings. The summed E-state index contributed by atoms with van der Waals surface area (Å²) >= 11 is 0. The van der Waals surface area contributed by atoms with Crippen LogP contribution >= 0.6 is 0 Å². The van der Waals surface area contributed by atoms with Crippen LogP contribution in [0, 0.1) is 13.8 Å². The van der Waals surface area contributed by atoms with Crippen molar-refractivity contribution in [3.63, 3.8) is 0 Å². The molecular weight excluding hydrogens is 402 g/mol. The number of nitrogens with zero attached hydrogens (tertiary/aromatic N) is 2. The second-order valence-electron chi connectivity index (χ2n) is 8.19. The molecule has 6 nitrogen and oxygen atoms in total. The minimum absolute atomic E-state index is 0.348. The van der Waals surface area contributed by atoms with Gasteiger partial charge in [-0.25, -0.2) is 9.48 Å². The second-order valence-corrected chi connectivity index (χ2v) is 8.19. The predicted octanol–water partition coefficient (Wildman–Crippen LogP) is 5.10. The summed E-state index contributed by atoms with van der Waals surface area (Å²) in [5.41, 5.74) is 5.47. The van der Waals surface area contributed by atoms with Crippen LogP contribution < -0.4 is 10.1 Å².